The maximum atomic E-state index is 13.5. The topological polar surface area (TPSA) is 77.8 Å². The zero-order chi connectivity index (χ0) is 22.6. The molecule has 0 aliphatic heterocycles. The Kier molecular flexibility index (Phi) is 5.25. The Labute approximate surface area is 186 Å². The quantitative estimate of drug-likeness (QED) is 0.551. The first-order chi connectivity index (χ1) is 15.4. The molecule has 2 aliphatic carbocycles. The van der Waals surface area contributed by atoms with Gasteiger partial charge in [-0.05, 0) is 55.9 Å². The number of aliphatic hydroxyl groups is 1. The summed E-state index contributed by atoms with van der Waals surface area (Å²) < 4.78 is 38.5. The molecule has 168 valence electrons. The number of hydrogen-bond acceptors (Lipinski definition) is 6. The summed E-state index contributed by atoms with van der Waals surface area (Å²) in [6.07, 6.45) is 4.77. The van der Waals surface area contributed by atoms with Gasteiger partial charge in [-0.3, -0.25) is 4.79 Å². The molecule has 1 unspecified atom stereocenters. The fourth-order valence-electron chi connectivity index (χ4n) is 4.38. The Balaban J connectivity index is 1.79. The van der Waals surface area contributed by atoms with E-state index in [1.54, 1.807) is 16.7 Å². The first-order valence-electron chi connectivity index (χ1n) is 10.4. The number of esters is 1. The fraction of sp³-hybridized carbons (Fsp3) is 0.391. The molecular formula is C23H21F2NO5S. The fourth-order valence-corrected chi connectivity index (χ4v) is 5.66. The molecule has 0 saturated heterocycles. The highest BCUT2D eigenvalue weighted by Gasteiger charge is 2.31. The average molecular weight is 461 g/mol. The highest BCUT2D eigenvalue weighted by atomic mass is 32.1. The second-order valence-electron chi connectivity index (χ2n) is 8.12. The third kappa shape index (κ3) is 3.49. The number of carbonyl (C=O) groups is 1. The number of alkyl halides is 2. The van der Waals surface area contributed by atoms with Crippen LogP contribution in [0.5, 0.6) is 5.75 Å². The lowest BCUT2D eigenvalue weighted by Crippen LogP contribution is -2.20. The number of aliphatic hydroxyl groups excluding tert-OH is 1. The molecule has 9 heteroatoms. The molecule has 1 atom stereocenters. The minimum absolute atomic E-state index is 0.0184. The van der Waals surface area contributed by atoms with E-state index >= 15 is 0 Å². The molecule has 1 aromatic carbocycles. The van der Waals surface area contributed by atoms with E-state index in [0.29, 0.717) is 16.9 Å². The number of carbonyl (C=O) groups excluding carboxylic acids is 1. The predicted molar refractivity (Wildman–Crippen MR) is 116 cm³/mol. The van der Waals surface area contributed by atoms with Crippen molar-refractivity contribution in [2.24, 2.45) is 0 Å². The number of fused-ring (bicyclic) bond motifs is 2. The number of nitrogens with zero attached hydrogens (tertiary/aromatic N) is 1. The molecule has 1 fully saturated rings. The largest absolute Gasteiger partial charge is 0.465 e. The number of ether oxygens (including phenoxy) is 2. The van der Waals surface area contributed by atoms with Gasteiger partial charge in [0.2, 0.25) is 5.43 Å². The van der Waals surface area contributed by atoms with E-state index in [2.05, 4.69) is 0 Å². The second-order valence-corrected chi connectivity index (χ2v) is 9.25. The molecule has 0 amide bonds. The van der Waals surface area contributed by atoms with Crippen molar-refractivity contribution in [1.82, 2.24) is 4.57 Å². The summed E-state index contributed by atoms with van der Waals surface area (Å²) in [6.45, 7) is -3.09. The van der Waals surface area contributed by atoms with E-state index in [4.69, 9.17) is 9.47 Å². The molecule has 2 aliphatic rings. The lowest BCUT2D eigenvalue weighted by Gasteiger charge is -2.18. The van der Waals surface area contributed by atoms with Crippen molar-refractivity contribution in [2.45, 2.75) is 50.9 Å². The van der Waals surface area contributed by atoms with Gasteiger partial charge in [-0.15, -0.1) is 11.3 Å². The van der Waals surface area contributed by atoms with Crippen LogP contribution in [0.25, 0.3) is 21.3 Å². The van der Waals surface area contributed by atoms with E-state index in [0.717, 1.165) is 36.1 Å². The van der Waals surface area contributed by atoms with Gasteiger partial charge in [0.15, 0.2) is 5.75 Å². The number of halogens is 2. The number of benzene rings is 1. The van der Waals surface area contributed by atoms with Gasteiger partial charge in [0.25, 0.3) is 0 Å². The van der Waals surface area contributed by atoms with Crippen LogP contribution in [0.1, 0.15) is 58.6 Å². The van der Waals surface area contributed by atoms with E-state index < -0.39 is 24.1 Å². The molecule has 2 heterocycles. The summed E-state index contributed by atoms with van der Waals surface area (Å²) in [5.74, 6) is -0.863. The molecule has 3 aromatic rings. The second kappa shape index (κ2) is 7.97. The van der Waals surface area contributed by atoms with Gasteiger partial charge in [0.05, 0.1) is 24.1 Å². The van der Waals surface area contributed by atoms with Gasteiger partial charge in [-0.2, -0.15) is 8.78 Å². The van der Waals surface area contributed by atoms with Gasteiger partial charge in [-0.1, -0.05) is 0 Å². The number of aryl methyl sites for hydroxylation is 1. The smallest absolute Gasteiger partial charge is 0.387 e. The molecule has 1 N–H and O–H groups in total. The van der Waals surface area contributed by atoms with Crippen molar-refractivity contribution >= 4 is 28.2 Å². The summed E-state index contributed by atoms with van der Waals surface area (Å²) in [7, 11) is 1.19. The molecule has 5 rings (SSSR count). The van der Waals surface area contributed by atoms with E-state index in [1.165, 1.54) is 24.6 Å². The normalized spacial score (nSPS) is 18.1. The summed E-state index contributed by atoms with van der Waals surface area (Å²) >= 11 is 1.44. The van der Waals surface area contributed by atoms with E-state index in [-0.39, 0.29) is 28.3 Å². The van der Waals surface area contributed by atoms with Crippen LogP contribution >= 0.6 is 11.3 Å². The Morgan fingerprint density at radius 1 is 1.28 bits per heavy atom. The highest BCUT2D eigenvalue weighted by molar-refractivity contribution is 7.15. The van der Waals surface area contributed by atoms with Crippen LogP contribution in [0.4, 0.5) is 8.78 Å². The van der Waals surface area contributed by atoms with Gasteiger partial charge in [0, 0.05) is 27.6 Å². The third-order valence-electron chi connectivity index (χ3n) is 6.05. The van der Waals surface area contributed by atoms with Gasteiger partial charge < -0.3 is 19.1 Å². The SMILES string of the molecule is COC(=O)c1cn(C2CC2)c2c(OC(F)F)c(-c3cc4c(s3)CCCC4O)ccc2c1=O. The monoisotopic (exact) mass is 461 g/mol. The minimum Gasteiger partial charge on any atom is -0.465 e. The van der Waals surface area contributed by atoms with Crippen LogP contribution in [0.2, 0.25) is 0 Å². The van der Waals surface area contributed by atoms with Crippen molar-refractivity contribution < 1.29 is 28.2 Å². The predicted octanol–water partition coefficient (Wildman–Crippen LogP) is 4.82. The molecule has 1 saturated carbocycles. The maximum absolute atomic E-state index is 13.5. The minimum atomic E-state index is -3.09. The summed E-state index contributed by atoms with van der Waals surface area (Å²) in [4.78, 5) is 26.9. The van der Waals surface area contributed by atoms with Crippen LogP contribution in [0.3, 0.4) is 0 Å². The third-order valence-corrected chi connectivity index (χ3v) is 7.29. The molecule has 0 radical (unpaired) electrons. The van der Waals surface area contributed by atoms with Gasteiger partial charge >= 0.3 is 12.6 Å². The summed E-state index contributed by atoms with van der Waals surface area (Å²) in [6, 6.07) is 4.93. The number of thiophene rings is 1. The molecule has 0 spiro atoms. The van der Waals surface area contributed by atoms with Crippen LogP contribution in [-0.2, 0) is 11.2 Å². The molecule has 32 heavy (non-hydrogen) atoms. The van der Waals surface area contributed by atoms with Gasteiger partial charge in [0.1, 0.15) is 5.56 Å². The number of methoxy groups -OCH3 is 1. The lowest BCUT2D eigenvalue weighted by atomic mass is 9.95. The van der Waals surface area contributed by atoms with Crippen molar-refractivity contribution in [3.8, 4) is 16.2 Å². The number of aromatic nitrogens is 1. The van der Waals surface area contributed by atoms with Gasteiger partial charge in [-0.25, -0.2) is 4.79 Å². The maximum Gasteiger partial charge on any atom is 0.387 e. The van der Waals surface area contributed by atoms with Crippen molar-refractivity contribution in [1.29, 1.82) is 0 Å². The number of rotatable bonds is 5. The summed E-state index contributed by atoms with van der Waals surface area (Å²) in [5.41, 5.74) is 0.770. The van der Waals surface area contributed by atoms with Crippen LogP contribution in [0.15, 0.2) is 29.2 Å². The van der Waals surface area contributed by atoms with Crippen molar-refractivity contribution in [3.05, 3.63) is 50.6 Å². The Bertz CT molecular complexity index is 1280. The van der Waals surface area contributed by atoms with Crippen molar-refractivity contribution in [3.63, 3.8) is 0 Å². The van der Waals surface area contributed by atoms with Crippen molar-refractivity contribution in [2.75, 3.05) is 7.11 Å². The number of hydrogen-bond donors (Lipinski definition) is 1. The standard InChI is InChI=1S/C23H21F2NO5S/c1-30-22(29)15-10-26(11-5-6-11)19-13(20(15)28)8-7-12(21(19)31-23(24)25)18-9-14-16(27)3-2-4-17(14)32-18/h7-11,16,23,27H,2-6H2,1H3. The van der Waals surface area contributed by atoms with Crippen LogP contribution in [0, 0.1) is 0 Å². The molecule has 0 bridgehead atoms. The molecular weight excluding hydrogens is 440 g/mol. The summed E-state index contributed by atoms with van der Waals surface area (Å²) in [5, 5.41) is 10.5. The van der Waals surface area contributed by atoms with E-state index in [1.807, 2.05) is 6.07 Å². The number of pyridine rings is 1. The van der Waals surface area contributed by atoms with Crippen LogP contribution in [-0.4, -0.2) is 29.4 Å². The average Bonchev–Trinajstić information content (AvgIpc) is 3.52. The Hall–Kier alpha value is -2.78. The zero-order valence-corrected chi connectivity index (χ0v) is 18.1. The Morgan fingerprint density at radius 2 is 2.06 bits per heavy atom. The first-order valence-corrected chi connectivity index (χ1v) is 11.3. The highest BCUT2D eigenvalue weighted by Crippen LogP contribution is 2.46. The zero-order valence-electron chi connectivity index (χ0n) is 17.3. The van der Waals surface area contributed by atoms with E-state index in [9.17, 15) is 23.5 Å². The van der Waals surface area contributed by atoms with Crippen LogP contribution < -0.4 is 10.2 Å². The Morgan fingerprint density at radius 3 is 2.72 bits per heavy atom. The lowest BCUT2D eigenvalue weighted by molar-refractivity contribution is -0.0486. The first kappa shape index (κ1) is 21.1. The molecule has 6 nitrogen and oxygen atoms in total. The molecule has 2 aromatic heterocycles.